The lowest BCUT2D eigenvalue weighted by Gasteiger charge is -2.08. The summed E-state index contributed by atoms with van der Waals surface area (Å²) in [6, 6.07) is 11.5. The Bertz CT molecular complexity index is 1250. The van der Waals surface area contributed by atoms with Gasteiger partial charge in [-0.3, -0.25) is 0 Å². The lowest BCUT2D eigenvalue weighted by atomic mass is 10.2. The molecule has 1 N–H and O–H groups in total. The molecule has 29 heavy (non-hydrogen) atoms. The van der Waals surface area contributed by atoms with Gasteiger partial charge in [-0.2, -0.15) is 13.2 Å². The van der Waals surface area contributed by atoms with E-state index in [9.17, 15) is 18.0 Å². The molecule has 0 aliphatic heterocycles. The molecule has 2 heterocycles. The van der Waals surface area contributed by atoms with Crippen LogP contribution in [0, 0.1) is 0 Å². The quantitative estimate of drug-likeness (QED) is 0.465. The van der Waals surface area contributed by atoms with Gasteiger partial charge in [-0.25, -0.2) is 4.79 Å². The first-order chi connectivity index (χ1) is 13.8. The van der Waals surface area contributed by atoms with Crippen LogP contribution in [0.3, 0.4) is 0 Å². The number of methoxy groups -OCH3 is 1. The van der Waals surface area contributed by atoms with Gasteiger partial charge in [0.2, 0.25) is 5.13 Å². The molecule has 0 fully saturated rings. The number of rotatable bonds is 4. The number of nitrogens with one attached hydrogen (secondary N) is 1. The lowest BCUT2D eigenvalue weighted by Crippen LogP contribution is -2.05. The Morgan fingerprint density at radius 1 is 1.10 bits per heavy atom. The minimum atomic E-state index is -4.45. The van der Waals surface area contributed by atoms with Crippen LogP contribution in [0.5, 0.6) is 5.75 Å². The largest absolute Gasteiger partial charge is 0.493 e. The third kappa shape index (κ3) is 3.79. The maximum atomic E-state index is 12.9. The number of aromatic nitrogens is 2. The Morgan fingerprint density at radius 3 is 2.66 bits per heavy atom. The van der Waals surface area contributed by atoms with E-state index < -0.39 is 17.4 Å². The number of fused-ring (bicyclic) bond motifs is 1. The molecule has 2 aromatic carbocycles. The third-order valence-electron chi connectivity index (χ3n) is 4.04. The maximum absolute atomic E-state index is 12.9. The van der Waals surface area contributed by atoms with Gasteiger partial charge >= 0.3 is 11.8 Å². The summed E-state index contributed by atoms with van der Waals surface area (Å²) in [5, 5.41) is 11.8. The molecule has 0 bridgehead atoms. The molecule has 0 aliphatic carbocycles. The molecule has 0 spiro atoms. The van der Waals surface area contributed by atoms with Crippen molar-refractivity contribution in [2.75, 3.05) is 12.4 Å². The van der Waals surface area contributed by atoms with E-state index in [0.29, 0.717) is 16.7 Å². The molecule has 10 heteroatoms. The Balaban J connectivity index is 1.66. The summed E-state index contributed by atoms with van der Waals surface area (Å²) < 4.78 is 49.1. The van der Waals surface area contributed by atoms with Crippen molar-refractivity contribution in [1.82, 2.24) is 10.2 Å². The second-order valence-corrected chi connectivity index (χ2v) is 6.92. The Hall–Kier alpha value is -3.40. The van der Waals surface area contributed by atoms with Crippen molar-refractivity contribution >= 4 is 33.1 Å². The van der Waals surface area contributed by atoms with Crippen molar-refractivity contribution in [2.45, 2.75) is 6.18 Å². The van der Waals surface area contributed by atoms with Gasteiger partial charge < -0.3 is 14.5 Å². The van der Waals surface area contributed by atoms with E-state index in [-0.39, 0.29) is 21.4 Å². The Labute approximate surface area is 165 Å². The minimum absolute atomic E-state index is 0.195. The molecule has 148 valence electrons. The van der Waals surface area contributed by atoms with Crippen LogP contribution in [0.2, 0.25) is 0 Å². The van der Waals surface area contributed by atoms with Gasteiger partial charge in [-0.05, 0) is 30.3 Å². The van der Waals surface area contributed by atoms with Crippen molar-refractivity contribution in [3.8, 4) is 16.3 Å². The van der Waals surface area contributed by atoms with Crippen LogP contribution in [0.15, 0.2) is 57.7 Å². The number of hydrogen-bond donors (Lipinski definition) is 1. The van der Waals surface area contributed by atoms with E-state index in [1.54, 1.807) is 24.3 Å². The summed E-state index contributed by atoms with van der Waals surface area (Å²) in [4.78, 5) is 12.4. The number of nitrogens with zero attached hydrogens (tertiary/aromatic N) is 2. The van der Waals surface area contributed by atoms with E-state index in [4.69, 9.17) is 9.15 Å². The van der Waals surface area contributed by atoms with Crippen LogP contribution in [-0.4, -0.2) is 17.3 Å². The predicted molar refractivity (Wildman–Crippen MR) is 103 cm³/mol. The molecule has 0 atom stereocenters. The third-order valence-corrected chi connectivity index (χ3v) is 4.91. The minimum Gasteiger partial charge on any atom is -0.493 e. The second kappa shape index (κ2) is 7.21. The van der Waals surface area contributed by atoms with Gasteiger partial charge in [-0.1, -0.05) is 29.5 Å². The fourth-order valence-electron chi connectivity index (χ4n) is 2.71. The van der Waals surface area contributed by atoms with Gasteiger partial charge in [-0.15, -0.1) is 10.2 Å². The van der Waals surface area contributed by atoms with Crippen molar-refractivity contribution in [3.05, 3.63) is 64.5 Å². The molecule has 6 nitrogen and oxygen atoms in total. The zero-order chi connectivity index (χ0) is 20.6. The zero-order valence-electron chi connectivity index (χ0n) is 14.8. The van der Waals surface area contributed by atoms with E-state index in [1.807, 2.05) is 0 Å². The summed E-state index contributed by atoms with van der Waals surface area (Å²) in [6.45, 7) is 0. The summed E-state index contributed by atoms with van der Waals surface area (Å²) in [5.41, 5.74) is -0.686. The number of benzene rings is 2. The smallest absolute Gasteiger partial charge is 0.416 e. The van der Waals surface area contributed by atoms with Crippen LogP contribution >= 0.6 is 11.3 Å². The first-order valence-electron chi connectivity index (χ1n) is 8.24. The molecule has 0 saturated carbocycles. The first kappa shape index (κ1) is 18.9. The number of ether oxygens (including phenoxy) is 1. The average Bonchev–Trinajstić information content (AvgIpc) is 3.14. The van der Waals surface area contributed by atoms with E-state index >= 15 is 0 Å². The summed E-state index contributed by atoms with van der Waals surface area (Å²) in [5.74, 6) is 0.426. The van der Waals surface area contributed by atoms with E-state index in [2.05, 4.69) is 15.5 Å². The molecule has 0 aliphatic rings. The number of alkyl halides is 3. The predicted octanol–water partition coefficient (Wildman–Crippen LogP) is 5.08. The molecule has 2 aromatic heterocycles. The maximum Gasteiger partial charge on any atom is 0.416 e. The highest BCUT2D eigenvalue weighted by atomic mass is 32.1. The van der Waals surface area contributed by atoms with Crippen molar-refractivity contribution < 1.29 is 22.3 Å². The highest BCUT2D eigenvalue weighted by Crippen LogP contribution is 2.33. The normalized spacial score (nSPS) is 11.6. The Kier molecular flexibility index (Phi) is 4.71. The van der Waals surface area contributed by atoms with Gasteiger partial charge in [0.25, 0.3) is 0 Å². The molecule has 0 unspecified atom stereocenters. The van der Waals surface area contributed by atoms with Crippen molar-refractivity contribution in [1.29, 1.82) is 0 Å². The molecular formula is C19H12F3N3O3S. The van der Waals surface area contributed by atoms with Gasteiger partial charge in [0, 0.05) is 11.1 Å². The molecule has 4 rings (SSSR count). The monoisotopic (exact) mass is 419 g/mol. The molecule has 0 saturated heterocycles. The topological polar surface area (TPSA) is 77.3 Å². The van der Waals surface area contributed by atoms with Crippen LogP contribution in [0.4, 0.5) is 24.0 Å². The number of halogens is 3. The van der Waals surface area contributed by atoms with Crippen LogP contribution in [0.25, 0.3) is 21.5 Å². The number of anilines is 2. The van der Waals surface area contributed by atoms with Crippen molar-refractivity contribution in [2.24, 2.45) is 0 Å². The van der Waals surface area contributed by atoms with Crippen LogP contribution in [-0.2, 0) is 6.18 Å². The molecular weight excluding hydrogens is 407 g/mol. The van der Waals surface area contributed by atoms with E-state index in [0.717, 1.165) is 23.5 Å². The number of hydrogen-bond acceptors (Lipinski definition) is 7. The average molecular weight is 419 g/mol. The number of para-hydroxylation sites is 1. The molecule has 0 radical (unpaired) electrons. The fraction of sp³-hybridized carbons (Fsp3) is 0.105. The highest BCUT2D eigenvalue weighted by Gasteiger charge is 2.30. The lowest BCUT2D eigenvalue weighted by molar-refractivity contribution is -0.137. The zero-order valence-corrected chi connectivity index (χ0v) is 15.6. The highest BCUT2D eigenvalue weighted by molar-refractivity contribution is 7.18. The first-order valence-corrected chi connectivity index (χ1v) is 9.06. The van der Waals surface area contributed by atoms with Crippen LogP contribution < -0.4 is 15.7 Å². The van der Waals surface area contributed by atoms with Gasteiger partial charge in [0.15, 0.2) is 16.3 Å². The Morgan fingerprint density at radius 2 is 1.90 bits per heavy atom. The van der Waals surface area contributed by atoms with Crippen molar-refractivity contribution in [3.63, 3.8) is 0 Å². The standard InChI is InChI=1S/C19H12F3N3O3S/c1-27-14-7-2-4-10-8-13(17(26)28-15(10)14)16-24-25-18(29-16)23-12-6-3-5-11(9-12)19(20,21)22/h2-9H,1H3,(H,23,25). The molecule has 4 aromatic rings. The van der Waals surface area contributed by atoms with Gasteiger partial charge in [0.1, 0.15) is 0 Å². The second-order valence-electron chi connectivity index (χ2n) is 5.94. The SMILES string of the molecule is COc1cccc2cc(-c3nnc(Nc4cccc(C(F)(F)F)c4)s3)c(=O)oc12. The summed E-state index contributed by atoms with van der Waals surface area (Å²) >= 11 is 1.02. The summed E-state index contributed by atoms with van der Waals surface area (Å²) in [6.07, 6.45) is -4.45. The van der Waals surface area contributed by atoms with Crippen LogP contribution in [0.1, 0.15) is 5.56 Å². The molecule has 0 amide bonds. The van der Waals surface area contributed by atoms with Gasteiger partial charge in [0.05, 0.1) is 18.2 Å². The summed E-state index contributed by atoms with van der Waals surface area (Å²) in [7, 11) is 1.47. The van der Waals surface area contributed by atoms with E-state index in [1.165, 1.54) is 19.2 Å². The fourth-order valence-corrected chi connectivity index (χ4v) is 3.47.